The average Bonchev–Trinajstić information content (AvgIpc) is 1.86. The van der Waals surface area contributed by atoms with Gasteiger partial charge >= 0.3 is 0 Å². The summed E-state index contributed by atoms with van der Waals surface area (Å²) in [4.78, 5) is 10.8. The zero-order chi connectivity index (χ0) is 7.14. The second kappa shape index (κ2) is 2.05. The minimum atomic E-state index is 0.284. The maximum atomic E-state index is 10.8. The molecule has 2 heteroatoms. The van der Waals surface area contributed by atoms with E-state index in [0.717, 1.165) is 5.56 Å². The quantitative estimate of drug-likeness (QED) is 0.638. The Kier molecular flexibility index (Phi) is 1.30. The third-order valence-electron chi connectivity index (χ3n) is 1.72. The van der Waals surface area contributed by atoms with E-state index in [-0.39, 0.29) is 5.78 Å². The summed E-state index contributed by atoms with van der Waals surface area (Å²) in [5.74, 6) is 0.284. The smallest absolute Gasteiger partial charge is 0.167 e. The SMILES string of the molecule is O=C1Cc2cc(I)ccc21. The fourth-order valence-electron chi connectivity index (χ4n) is 1.14. The Hall–Kier alpha value is -0.380. The van der Waals surface area contributed by atoms with Crippen LogP contribution >= 0.6 is 22.6 Å². The number of hydrogen-bond donors (Lipinski definition) is 0. The number of benzene rings is 1. The second-order valence-electron chi connectivity index (χ2n) is 2.40. The highest BCUT2D eigenvalue weighted by molar-refractivity contribution is 14.1. The number of Topliss-reactive ketones (excluding diaryl/α,β-unsaturated/α-hetero) is 1. The molecular formula is C8H5IO. The molecule has 1 aliphatic rings. The van der Waals surface area contributed by atoms with Gasteiger partial charge < -0.3 is 0 Å². The van der Waals surface area contributed by atoms with E-state index in [1.54, 1.807) is 0 Å². The van der Waals surface area contributed by atoms with E-state index in [4.69, 9.17) is 0 Å². The number of carbonyl (C=O) groups is 1. The van der Waals surface area contributed by atoms with Crippen molar-refractivity contribution < 1.29 is 4.79 Å². The predicted octanol–water partition coefficient (Wildman–Crippen LogP) is 2.03. The van der Waals surface area contributed by atoms with Crippen molar-refractivity contribution in [1.82, 2.24) is 0 Å². The lowest BCUT2D eigenvalue weighted by atomic mass is 9.87. The van der Waals surface area contributed by atoms with Crippen LogP contribution in [0.5, 0.6) is 0 Å². The molecule has 0 heterocycles. The van der Waals surface area contributed by atoms with Crippen LogP contribution in [0, 0.1) is 3.57 Å². The Morgan fingerprint density at radius 3 is 2.80 bits per heavy atom. The number of fused-ring (bicyclic) bond motifs is 1. The summed E-state index contributed by atoms with van der Waals surface area (Å²) in [6.07, 6.45) is 0.645. The van der Waals surface area contributed by atoms with E-state index in [9.17, 15) is 4.79 Å². The Balaban J connectivity index is 2.59. The minimum absolute atomic E-state index is 0.284. The zero-order valence-electron chi connectivity index (χ0n) is 5.23. The van der Waals surface area contributed by atoms with Crippen molar-refractivity contribution in [1.29, 1.82) is 0 Å². The molecule has 1 aliphatic carbocycles. The van der Waals surface area contributed by atoms with Gasteiger partial charge in [0.25, 0.3) is 0 Å². The molecule has 0 unspecified atom stereocenters. The molecule has 0 atom stereocenters. The first-order valence-electron chi connectivity index (χ1n) is 3.09. The molecule has 2 rings (SSSR count). The van der Waals surface area contributed by atoms with Crippen LogP contribution in [0.1, 0.15) is 15.9 Å². The Morgan fingerprint density at radius 1 is 1.40 bits per heavy atom. The van der Waals surface area contributed by atoms with E-state index >= 15 is 0 Å². The molecule has 0 radical (unpaired) electrons. The third kappa shape index (κ3) is 0.785. The van der Waals surface area contributed by atoms with Crippen molar-refractivity contribution in [3.05, 3.63) is 32.9 Å². The predicted molar refractivity (Wildman–Crippen MR) is 47.2 cm³/mol. The van der Waals surface area contributed by atoms with Gasteiger partial charge in [-0.3, -0.25) is 4.79 Å². The topological polar surface area (TPSA) is 17.1 Å². The standard InChI is InChI=1S/C8H5IO/c9-6-1-2-7-5(3-6)4-8(7)10/h1-3H,4H2. The van der Waals surface area contributed by atoms with Gasteiger partial charge in [0, 0.05) is 15.6 Å². The maximum absolute atomic E-state index is 10.8. The molecule has 0 fully saturated rings. The van der Waals surface area contributed by atoms with Crippen LogP contribution in [0.2, 0.25) is 0 Å². The van der Waals surface area contributed by atoms with E-state index in [1.165, 1.54) is 9.13 Å². The summed E-state index contributed by atoms with van der Waals surface area (Å²) < 4.78 is 1.21. The van der Waals surface area contributed by atoms with Gasteiger partial charge in [0.2, 0.25) is 0 Å². The van der Waals surface area contributed by atoms with E-state index < -0.39 is 0 Å². The first kappa shape index (κ1) is 6.34. The fourth-order valence-corrected chi connectivity index (χ4v) is 1.70. The van der Waals surface area contributed by atoms with E-state index in [2.05, 4.69) is 28.7 Å². The highest BCUT2D eigenvalue weighted by Crippen LogP contribution is 2.24. The Labute approximate surface area is 72.6 Å². The second-order valence-corrected chi connectivity index (χ2v) is 3.65. The Morgan fingerprint density at radius 2 is 2.20 bits per heavy atom. The first-order valence-corrected chi connectivity index (χ1v) is 4.17. The molecule has 0 bridgehead atoms. The van der Waals surface area contributed by atoms with Crippen molar-refractivity contribution in [2.45, 2.75) is 6.42 Å². The van der Waals surface area contributed by atoms with Crippen LogP contribution in [0.25, 0.3) is 0 Å². The minimum Gasteiger partial charge on any atom is -0.294 e. The largest absolute Gasteiger partial charge is 0.294 e. The molecule has 1 aromatic rings. The van der Waals surface area contributed by atoms with E-state index in [1.807, 2.05) is 12.1 Å². The van der Waals surface area contributed by atoms with Gasteiger partial charge in [0.1, 0.15) is 0 Å². The summed E-state index contributed by atoms with van der Waals surface area (Å²) >= 11 is 2.25. The number of hydrogen-bond acceptors (Lipinski definition) is 1. The molecule has 0 aromatic heterocycles. The van der Waals surface area contributed by atoms with Crippen LogP contribution in [0.15, 0.2) is 18.2 Å². The van der Waals surface area contributed by atoms with Crippen molar-refractivity contribution >= 4 is 28.4 Å². The molecule has 1 aromatic carbocycles. The van der Waals surface area contributed by atoms with Crippen molar-refractivity contribution in [2.24, 2.45) is 0 Å². The molecule has 0 amide bonds. The van der Waals surface area contributed by atoms with Gasteiger partial charge in [-0.1, -0.05) is 6.07 Å². The van der Waals surface area contributed by atoms with Gasteiger partial charge in [-0.05, 0) is 40.3 Å². The lowest BCUT2D eigenvalue weighted by Crippen LogP contribution is -2.18. The number of ketones is 1. The van der Waals surface area contributed by atoms with Crippen LogP contribution < -0.4 is 0 Å². The van der Waals surface area contributed by atoms with Crippen molar-refractivity contribution in [3.8, 4) is 0 Å². The summed E-state index contributed by atoms with van der Waals surface area (Å²) in [6, 6.07) is 5.94. The average molecular weight is 244 g/mol. The normalized spacial score (nSPS) is 14.3. The number of carbonyl (C=O) groups excluding carboxylic acids is 1. The molecule has 0 saturated carbocycles. The van der Waals surface area contributed by atoms with Crippen LogP contribution in [0.3, 0.4) is 0 Å². The van der Waals surface area contributed by atoms with Gasteiger partial charge in [0.15, 0.2) is 5.78 Å². The lowest BCUT2D eigenvalue weighted by Gasteiger charge is -2.16. The maximum Gasteiger partial charge on any atom is 0.167 e. The zero-order valence-corrected chi connectivity index (χ0v) is 7.38. The van der Waals surface area contributed by atoms with Gasteiger partial charge in [-0.15, -0.1) is 0 Å². The molecule has 0 N–H and O–H groups in total. The van der Waals surface area contributed by atoms with Crippen molar-refractivity contribution in [2.75, 3.05) is 0 Å². The molecule has 10 heavy (non-hydrogen) atoms. The molecule has 0 aliphatic heterocycles. The van der Waals surface area contributed by atoms with Gasteiger partial charge in [0.05, 0.1) is 0 Å². The van der Waals surface area contributed by atoms with Gasteiger partial charge in [-0.2, -0.15) is 0 Å². The first-order chi connectivity index (χ1) is 4.77. The Bertz CT molecular complexity index is 304. The fraction of sp³-hybridized carbons (Fsp3) is 0.125. The highest BCUT2D eigenvalue weighted by Gasteiger charge is 2.22. The molecule has 0 spiro atoms. The molecule has 50 valence electrons. The molecule has 1 nitrogen and oxygen atoms in total. The monoisotopic (exact) mass is 244 g/mol. The summed E-state index contributed by atoms with van der Waals surface area (Å²) in [5, 5.41) is 0. The van der Waals surface area contributed by atoms with Crippen LogP contribution in [-0.2, 0) is 6.42 Å². The summed E-state index contributed by atoms with van der Waals surface area (Å²) in [7, 11) is 0. The number of rotatable bonds is 0. The lowest BCUT2D eigenvalue weighted by molar-refractivity contribution is 0.0968. The van der Waals surface area contributed by atoms with Gasteiger partial charge in [-0.25, -0.2) is 0 Å². The third-order valence-corrected chi connectivity index (χ3v) is 2.39. The molecule has 0 saturated heterocycles. The summed E-state index contributed by atoms with van der Waals surface area (Å²) in [5.41, 5.74) is 2.12. The number of halogens is 1. The molecular weight excluding hydrogens is 239 g/mol. The summed E-state index contributed by atoms with van der Waals surface area (Å²) in [6.45, 7) is 0. The van der Waals surface area contributed by atoms with Crippen molar-refractivity contribution in [3.63, 3.8) is 0 Å². The van der Waals surface area contributed by atoms with Crippen LogP contribution in [-0.4, -0.2) is 5.78 Å². The van der Waals surface area contributed by atoms with E-state index in [0.29, 0.717) is 6.42 Å². The van der Waals surface area contributed by atoms with Crippen LogP contribution in [0.4, 0.5) is 0 Å². The highest BCUT2D eigenvalue weighted by atomic mass is 127.